The molecule has 0 heterocycles. The van der Waals surface area contributed by atoms with E-state index in [9.17, 15) is 4.79 Å². The first kappa shape index (κ1) is 11.7. The lowest BCUT2D eigenvalue weighted by Gasteiger charge is -2.06. The van der Waals surface area contributed by atoms with E-state index >= 15 is 0 Å². The molecule has 0 N–H and O–H groups in total. The van der Waals surface area contributed by atoms with Crippen molar-refractivity contribution in [1.82, 2.24) is 0 Å². The maximum Gasteiger partial charge on any atom is 0.147 e. The topological polar surface area (TPSA) is 17.1 Å². The van der Waals surface area contributed by atoms with Crippen LogP contribution in [0.4, 0.5) is 0 Å². The number of hydrogen-bond donors (Lipinski definition) is 0. The molecule has 0 fully saturated rings. The van der Waals surface area contributed by atoms with Crippen LogP contribution < -0.4 is 0 Å². The van der Waals surface area contributed by atoms with Crippen molar-refractivity contribution in [2.24, 2.45) is 0 Å². The van der Waals surface area contributed by atoms with Crippen molar-refractivity contribution in [3.05, 3.63) is 34.3 Å². The molecule has 0 aliphatic rings. The standard InChI is InChI=1S/C11H12BrClO/c1-2-8-5-10(13)4-3-9(8)6-11(14)7-12/h3-5H,2,6-7H2,1H3. The number of ketones is 1. The third-order valence-corrected chi connectivity index (χ3v) is 2.95. The van der Waals surface area contributed by atoms with E-state index in [0.29, 0.717) is 11.8 Å². The van der Waals surface area contributed by atoms with Crippen LogP contribution in [0, 0.1) is 0 Å². The van der Waals surface area contributed by atoms with E-state index in [2.05, 4.69) is 22.9 Å². The van der Waals surface area contributed by atoms with Crippen molar-refractivity contribution < 1.29 is 4.79 Å². The van der Waals surface area contributed by atoms with Gasteiger partial charge in [0, 0.05) is 11.4 Å². The SMILES string of the molecule is CCc1cc(Cl)ccc1CC(=O)CBr. The number of alkyl halides is 1. The summed E-state index contributed by atoms with van der Waals surface area (Å²) < 4.78 is 0. The molecule has 1 aromatic rings. The molecule has 0 unspecified atom stereocenters. The predicted octanol–water partition coefficient (Wildman–Crippen LogP) is 3.41. The lowest BCUT2D eigenvalue weighted by molar-refractivity contribution is -0.115. The zero-order valence-corrected chi connectivity index (χ0v) is 10.4. The van der Waals surface area contributed by atoms with Gasteiger partial charge in [0.15, 0.2) is 0 Å². The summed E-state index contributed by atoms with van der Waals surface area (Å²) in [6.07, 6.45) is 1.40. The maximum atomic E-state index is 11.3. The van der Waals surface area contributed by atoms with Gasteiger partial charge in [-0.25, -0.2) is 0 Å². The Morgan fingerprint density at radius 2 is 2.14 bits per heavy atom. The molecule has 0 aliphatic heterocycles. The molecule has 0 atom stereocenters. The number of Topliss-reactive ketones (excluding diaryl/α,β-unsaturated/α-hetero) is 1. The number of benzene rings is 1. The van der Waals surface area contributed by atoms with Crippen molar-refractivity contribution in [2.75, 3.05) is 5.33 Å². The normalized spacial score (nSPS) is 10.2. The fourth-order valence-electron chi connectivity index (χ4n) is 1.36. The van der Waals surface area contributed by atoms with Crippen LogP contribution in [0.15, 0.2) is 18.2 Å². The van der Waals surface area contributed by atoms with Crippen LogP contribution in [-0.4, -0.2) is 11.1 Å². The van der Waals surface area contributed by atoms with Gasteiger partial charge in [-0.15, -0.1) is 0 Å². The van der Waals surface area contributed by atoms with Crippen LogP contribution in [0.3, 0.4) is 0 Å². The molecular formula is C11H12BrClO. The van der Waals surface area contributed by atoms with Crippen molar-refractivity contribution in [3.8, 4) is 0 Å². The average Bonchev–Trinajstić information content (AvgIpc) is 2.20. The van der Waals surface area contributed by atoms with Gasteiger partial charge in [0.2, 0.25) is 0 Å². The van der Waals surface area contributed by atoms with Crippen molar-refractivity contribution in [3.63, 3.8) is 0 Å². The highest BCUT2D eigenvalue weighted by molar-refractivity contribution is 9.09. The minimum atomic E-state index is 0.196. The molecule has 0 saturated heterocycles. The smallest absolute Gasteiger partial charge is 0.147 e. The third kappa shape index (κ3) is 3.10. The molecule has 0 radical (unpaired) electrons. The molecule has 0 aromatic heterocycles. The molecule has 1 aromatic carbocycles. The summed E-state index contributed by atoms with van der Waals surface area (Å²) in [6.45, 7) is 2.06. The second-order valence-corrected chi connectivity index (χ2v) is 4.11. The summed E-state index contributed by atoms with van der Waals surface area (Å²) in [5.74, 6) is 0.196. The Hall–Kier alpha value is -0.340. The average molecular weight is 276 g/mol. The van der Waals surface area contributed by atoms with Crippen molar-refractivity contribution in [2.45, 2.75) is 19.8 Å². The molecular weight excluding hydrogens is 263 g/mol. The summed E-state index contributed by atoms with van der Waals surface area (Å²) >= 11 is 9.03. The van der Waals surface area contributed by atoms with Crippen LogP contribution >= 0.6 is 27.5 Å². The lowest BCUT2D eigenvalue weighted by Crippen LogP contribution is -2.05. The molecule has 1 nitrogen and oxygen atoms in total. The second-order valence-electron chi connectivity index (χ2n) is 3.12. The molecule has 76 valence electrons. The van der Waals surface area contributed by atoms with Crippen LogP contribution in [0.5, 0.6) is 0 Å². The van der Waals surface area contributed by atoms with Gasteiger partial charge in [0.1, 0.15) is 5.78 Å². The number of aryl methyl sites for hydroxylation is 1. The van der Waals surface area contributed by atoms with Gasteiger partial charge in [-0.05, 0) is 29.7 Å². The molecule has 0 spiro atoms. The first-order valence-electron chi connectivity index (χ1n) is 4.52. The largest absolute Gasteiger partial charge is 0.298 e. The molecule has 3 heteroatoms. The van der Waals surface area contributed by atoms with E-state index in [1.54, 1.807) is 0 Å². The van der Waals surface area contributed by atoms with Gasteiger partial charge in [-0.3, -0.25) is 4.79 Å². The summed E-state index contributed by atoms with van der Waals surface area (Å²) in [6, 6.07) is 5.69. The molecule has 0 aliphatic carbocycles. The third-order valence-electron chi connectivity index (χ3n) is 2.09. The summed E-state index contributed by atoms with van der Waals surface area (Å²) in [5, 5.41) is 1.15. The van der Waals surface area contributed by atoms with E-state index in [1.165, 1.54) is 0 Å². The zero-order chi connectivity index (χ0) is 10.6. The zero-order valence-electron chi connectivity index (χ0n) is 8.02. The Bertz CT molecular complexity index is 336. The predicted molar refractivity (Wildman–Crippen MR) is 63.3 cm³/mol. The minimum Gasteiger partial charge on any atom is -0.298 e. The van der Waals surface area contributed by atoms with Gasteiger partial charge in [-0.2, -0.15) is 0 Å². The quantitative estimate of drug-likeness (QED) is 0.770. The Morgan fingerprint density at radius 1 is 1.43 bits per heavy atom. The number of rotatable bonds is 4. The van der Waals surface area contributed by atoms with E-state index in [0.717, 1.165) is 22.6 Å². The molecule has 0 amide bonds. The van der Waals surface area contributed by atoms with Crippen LogP contribution in [0.25, 0.3) is 0 Å². The summed E-state index contributed by atoms with van der Waals surface area (Å²) in [7, 11) is 0. The molecule has 0 bridgehead atoms. The first-order valence-corrected chi connectivity index (χ1v) is 6.02. The van der Waals surface area contributed by atoms with Crippen LogP contribution in [-0.2, 0) is 17.6 Å². The van der Waals surface area contributed by atoms with Gasteiger partial charge < -0.3 is 0 Å². The monoisotopic (exact) mass is 274 g/mol. The lowest BCUT2D eigenvalue weighted by atomic mass is 10.0. The van der Waals surface area contributed by atoms with Gasteiger partial charge in [0.05, 0.1) is 5.33 Å². The second kappa shape index (κ2) is 5.52. The van der Waals surface area contributed by atoms with Gasteiger partial charge >= 0.3 is 0 Å². The number of carbonyl (C=O) groups excluding carboxylic acids is 1. The van der Waals surface area contributed by atoms with E-state index < -0.39 is 0 Å². The van der Waals surface area contributed by atoms with E-state index in [1.807, 2.05) is 18.2 Å². The Morgan fingerprint density at radius 3 is 2.71 bits per heavy atom. The maximum absolute atomic E-state index is 11.3. The van der Waals surface area contributed by atoms with E-state index in [-0.39, 0.29) is 5.78 Å². The summed E-state index contributed by atoms with van der Waals surface area (Å²) in [4.78, 5) is 11.3. The van der Waals surface area contributed by atoms with E-state index in [4.69, 9.17) is 11.6 Å². The van der Waals surface area contributed by atoms with Crippen LogP contribution in [0.2, 0.25) is 5.02 Å². The Balaban J connectivity index is 2.90. The van der Waals surface area contributed by atoms with Crippen LogP contribution in [0.1, 0.15) is 18.1 Å². The fraction of sp³-hybridized carbons (Fsp3) is 0.364. The minimum absolute atomic E-state index is 0.196. The first-order chi connectivity index (χ1) is 6.67. The number of halogens is 2. The van der Waals surface area contributed by atoms with Crippen molar-refractivity contribution in [1.29, 1.82) is 0 Å². The fourth-order valence-corrected chi connectivity index (χ4v) is 1.75. The highest BCUT2D eigenvalue weighted by atomic mass is 79.9. The van der Waals surface area contributed by atoms with Gasteiger partial charge in [0.25, 0.3) is 0 Å². The summed E-state index contributed by atoms with van der Waals surface area (Å²) in [5.41, 5.74) is 2.24. The number of hydrogen-bond acceptors (Lipinski definition) is 1. The Labute approximate surface area is 97.6 Å². The molecule has 14 heavy (non-hydrogen) atoms. The highest BCUT2D eigenvalue weighted by Gasteiger charge is 2.06. The highest BCUT2D eigenvalue weighted by Crippen LogP contribution is 2.17. The molecule has 0 saturated carbocycles. The Kier molecular flexibility index (Phi) is 4.63. The molecule has 1 rings (SSSR count). The van der Waals surface area contributed by atoms with Crippen molar-refractivity contribution >= 4 is 33.3 Å². The number of carbonyl (C=O) groups is 1. The van der Waals surface area contributed by atoms with Gasteiger partial charge in [-0.1, -0.05) is 40.5 Å².